The average molecular weight is 348 g/mol. The predicted octanol–water partition coefficient (Wildman–Crippen LogP) is 2.49. The highest BCUT2D eigenvalue weighted by Crippen LogP contribution is 2.27. The van der Waals surface area contributed by atoms with Gasteiger partial charge in [-0.1, -0.05) is 0 Å². The van der Waals surface area contributed by atoms with Gasteiger partial charge in [-0.25, -0.2) is 29.9 Å². The molecule has 132 valence electrons. The summed E-state index contributed by atoms with van der Waals surface area (Å²) in [5.74, 6) is 3.08. The van der Waals surface area contributed by atoms with Gasteiger partial charge >= 0.3 is 0 Å². The Morgan fingerprint density at radius 2 is 1.73 bits per heavy atom. The first-order valence-corrected chi connectivity index (χ1v) is 8.69. The molecule has 0 aromatic carbocycles. The third kappa shape index (κ3) is 3.74. The lowest BCUT2D eigenvalue weighted by Crippen LogP contribution is -2.36. The van der Waals surface area contributed by atoms with Crippen LogP contribution in [0.3, 0.4) is 0 Å². The zero-order chi connectivity index (χ0) is 17.8. The Hall–Kier alpha value is -3.16. The molecule has 0 radical (unpaired) electrons. The van der Waals surface area contributed by atoms with Crippen LogP contribution in [0.1, 0.15) is 30.3 Å². The van der Waals surface area contributed by atoms with Crippen LogP contribution in [0.15, 0.2) is 43.0 Å². The topological polar surface area (TPSA) is 92.6 Å². The number of anilines is 3. The van der Waals surface area contributed by atoms with E-state index in [1.807, 2.05) is 19.1 Å². The van der Waals surface area contributed by atoms with E-state index in [1.165, 1.54) is 0 Å². The molecule has 1 fully saturated rings. The Bertz CT molecular complexity index is 856. The highest BCUT2D eigenvalue weighted by molar-refractivity contribution is 5.47. The van der Waals surface area contributed by atoms with Crippen LogP contribution < -0.4 is 10.2 Å². The number of aromatic nitrogens is 6. The van der Waals surface area contributed by atoms with Gasteiger partial charge in [-0.15, -0.1) is 0 Å². The lowest BCUT2D eigenvalue weighted by molar-refractivity contribution is 0.485. The molecule has 1 N–H and O–H groups in total. The summed E-state index contributed by atoms with van der Waals surface area (Å²) in [5.41, 5.74) is 0.918. The Labute approximate surface area is 151 Å². The van der Waals surface area contributed by atoms with Crippen LogP contribution >= 0.6 is 0 Å². The van der Waals surface area contributed by atoms with E-state index >= 15 is 0 Å². The Morgan fingerprint density at radius 1 is 1.00 bits per heavy atom. The van der Waals surface area contributed by atoms with Gasteiger partial charge < -0.3 is 10.2 Å². The van der Waals surface area contributed by atoms with Crippen molar-refractivity contribution in [2.75, 3.05) is 23.3 Å². The molecule has 1 aliphatic heterocycles. The zero-order valence-electron chi connectivity index (χ0n) is 14.6. The zero-order valence-corrected chi connectivity index (χ0v) is 14.6. The monoisotopic (exact) mass is 348 g/mol. The number of rotatable bonds is 4. The first-order valence-electron chi connectivity index (χ1n) is 8.69. The molecule has 1 saturated heterocycles. The fourth-order valence-corrected chi connectivity index (χ4v) is 3.14. The summed E-state index contributed by atoms with van der Waals surface area (Å²) < 4.78 is 0. The SMILES string of the molecule is Cc1cc(Nc2ncccn2)nc(C2CCCN(c3ncccn3)C2)n1. The summed E-state index contributed by atoms with van der Waals surface area (Å²) in [6.07, 6.45) is 9.05. The van der Waals surface area contributed by atoms with Gasteiger partial charge in [0, 0.05) is 55.6 Å². The smallest absolute Gasteiger partial charge is 0.228 e. The molecule has 0 bridgehead atoms. The number of aryl methyl sites for hydroxylation is 1. The van der Waals surface area contributed by atoms with Crippen molar-refractivity contribution in [2.45, 2.75) is 25.7 Å². The van der Waals surface area contributed by atoms with Crippen LogP contribution in [0.25, 0.3) is 0 Å². The minimum absolute atomic E-state index is 0.240. The van der Waals surface area contributed by atoms with Crippen LogP contribution in [0.2, 0.25) is 0 Å². The van der Waals surface area contributed by atoms with Gasteiger partial charge in [-0.05, 0) is 31.9 Å². The van der Waals surface area contributed by atoms with Crippen LogP contribution in [0.4, 0.5) is 17.7 Å². The van der Waals surface area contributed by atoms with Gasteiger partial charge in [0.2, 0.25) is 11.9 Å². The largest absolute Gasteiger partial charge is 0.340 e. The molecule has 3 aromatic heterocycles. The lowest BCUT2D eigenvalue weighted by atomic mass is 9.97. The summed E-state index contributed by atoms with van der Waals surface area (Å²) in [6, 6.07) is 5.52. The van der Waals surface area contributed by atoms with Gasteiger partial charge in [0.15, 0.2) is 0 Å². The number of nitrogens with one attached hydrogen (secondary N) is 1. The Kier molecular flexibility index (Phi) is 4.63. The van der Waals surface area contributed by atoms with Crippen molar-refractivity contribution in [3.05, 3.63) is 54.5 Å². The number of piperidine rings is 1. The minimum atomic E-state index is 0.240. The van der Waals surface area contributed by atoms with Gasteiger partial charge in [-0.3, -0.25) is 0 Å². The molecular weight excluding hydrogens is 328 g/mol. The van der Waals surface area contributed by atoms with Gasteiger partial charge in [-0.2, -0.15) is 0 Å². The highest BCUT2D eigenvalue weighted by atomic mass is 15.3. The molecule has 0 spiro atoms. The molecule has 8 heteroatoms. The second kappa shape index (κ2) is 7.38. The molecule has 0 aliphatic carbocycles. The van der Waals surface area contributed by atoms with Crippen LogP contribution in [-0.2, 0) is 0 Å². The summed E-state index contributed by atoms with van der Waals surface area (Å²) in [4.78, 5) is 28.7. The first kappa shape index (κ1) is 16.3. The fraction of sp³-hybridized carbons (Fsp3) is 0.333. The quantitative estimate of drug-likeness (QED) is 0.769. The maximum Gasteiger partial charge on any atom is 0.228 e. The van der Waals surface area contributed by atoms with E-state index in [1.54, 1.807) is 30.9 Å². The van der Waals surface area contributed by atoms with E-state index < -0.39 is 0 Å². The van der Waals surface area contributed by atoms with E-state index in [4.69, 9.17) is 4.98 Å². The predicted molar refractivity (Wildman–Crippen MR) is 98.3 cm³/mol. The normalized spacial score (nSPS) is 17.1. The van der Waals surface area contributed by atoms with Crippen LogP contribution in [0, 0.1) is 6.92 Å². The van der Waals surface area contributed by atoms with Gasteiger partial charge in [0.1, 0.15) is 11.6 Å². The van der Waals surface area contributed by atoms with E-state index in [0.29, 0.717) is 11.8 Å². The highest BCUT2D eigenvalue weighted by Gasteiger charge is 2.25. The molecular formula is C18H20N8. The lowest BCUT2D eigenvalue weighted by Gasteiger charge is -2.32. The standard InChI is InChI=1S/C18H20N8/c1-13-11-15(25-17-19-6-3-7-20-17)24-16(23-13)14-5-2-10-26(12-14)18-21-8-4-9-22-18/h3-4,6-9,11,14H,2,5,10,12H2,1H3,(H,19,20,23,24,25). The first-order chi connectivity index (χ1) is 12.8. The van der Waals surface area contributed by atoms with Crippen molar-refractivity contribution in [1.82, 2.24) is 29.9 Å². The summed E-state index contributed by atoms with van der Waals surface area (Å²) >= 11 is 0. The second-order valence-electron chi connectivity index (χ2n) is 6.28. The van der Waals surface area contributed by atoms with E-state index in [9.17, 15) is 0 Å². The number of hydrogen-bond donors (Lipinski definition) is 1. The summed E-state index contributed by atoms with van der Waals surface area (Å²) in [7, 11) is 0. The van der Waals surface area contributed by atoms with E-state index in [0.717, 1.165) is 43.4 Å². The molecule has 1 atom stereocenters. The Balaban J connectivity index is 1.55. The van der Waals surface area contributed by atoms with Gasteiger partial charge in [0.05, 0.1) is 0 Å². The second-order valence-corrected chi connectivity index (χ2v) is 6.28. The van der Waals surface area contributed by atoms with Crippen molar-refractivity contribution >= 4 is 17.7 Å². The average Bonchev–Trinajstić information content (AvgIpc) is 2.69. The number of hydrogen-bond acceptors (Lipinski definition) is 8. The molecule has 4 rings (SSSR count). The van der Waals surface area contributed by atoms with Gasteiger partial charge in [0.25, 0.3) is 0 Å². The summed E-state index contributed by atoms with van der Waals surface area (Å²) in [6.45, 7) is 3.74. The van der Waals surface area contributed by atoms with Crippen molar-refractivity contribution in [1.29, 1.82) is 0 Å². The molecule has 1 aliphatic rings. The van der Waals surface area contributed by atoms with Crippen molar-refractivity contribution in [3.8, 4) is 0 Å². The van der Waals surface area contributed by atoms with Crippen molar-refractivity contribution < 1.29 is 0 Å². The maximum atomic E-state index is 4.71. The van der Waals surface area contributed by atoms with Crippen LogP contribution in [0.5, 0.6) is 0 Å². The van der Waals surface area contributed by atoms with E-state index in [-0.39, 0.29) is 5.92 Å². The fourth-order valence-electron chi connectivity index (χ4n) is 3.14. The molecule has 0 saturated carbocycles. The third-order valence-corrected chi connectivity index (χ3v) is 4.30. The molecule has 4 heterocycles. The Morgan fingerprint density at radius 3 is 2.50 bits per heavy atom. The molecule has 26 heavy (non-hydrogen) atoms. The molecule has 0 amide bonds. The molecule has 1 unspecified atom stereocenters. The summed E-state index contributed by atoms with van der Waals surface area (Å²) in [5, 5.41) is 3.16. The maximum absolute atomic E-state index is 4.71. The molecule has 3 aromatic rings. The molecule has 8 nitrogen and oxygen atoms in total. The number of nitrogens with zero attached hydrogens (tertiary/aromatic N) is 7. The van der Waals surface area contributed by atoms with Crippen LogP contribution in [-0.4, -0.2) is 43.0 Å². The minimum Gasteiger partial charge on any atom is -0.340 e. The van der Waals surface area contributed by atoms with E-state index in [2.05, 4.69) is 35.1 Å². The van der Waals surface area contributed by atoms with Crippen molar-refractivity contribution in [3.63, 3.8) is 0 Å². The van der Waals surface area contributed by atoms with Crippen molar-refractivity contribution in [2.24, 2.45) is 0 Å². The third-order valence-electron chi connectivity index (χ3n) is 4.30.